The van der Waals surface area contributed by atoms with E-state index >= 15 is 0 Å². The Morgan fingerprint density at radius 1 is 0.288 bits per heavy atom. The average molecular weight is 1020 g/mol. The Morgan fingerprint density at radius 2 is 0.548 bits per heavy atom. The zero-order valence-corrected chi connectivity index (χ0v) is 47.9. The molecule has 73 heavy (non-hydrogen) atoms. The van der Waals surface area contributed by atoms with Crippen LogP contribution < -0.4 is 0 Å². The lowest BCUT2D eigenvalue weighted by molar-refractivity contribution is -0.167. The van der Waals surface area contributed by atoms with Crippen molar-refractivity contribution in [3.8, 4) is 0 Å². The summed E-state index contributed by atoms with van der Waals surface area (Å²) in [7, 11) is 0. The molecule has 0 rings (SSSR count). The number of unbranched alkanes of at least 4 members (excludes halogenated alkanes) is 28. The Kier molecular flexibility index (Phi) is 57.8. The minimum absolute atomic E-state index is 0.0973. The topological polar surface area (TPSA) is 78.9 Å². The van der Waals surface area contributed by atoms with Gasteiger partial charge in [-0.3, -0.25) is 14.4 Å². The largest absolute Gasteiger partial charge is 0.462 e. The van der Waals surface area contributed by atoms with Gasteiger partial charge < -0.3 is 14.2 Å². The summed E-state index contributed by atoms with van der Waals surface area (Å²) in [6.07, 6.45) is 81.2. The maximum Gasteiger partial charge on any atom is 0.306 e. The summed E-state index contributed by atoms with van der Waals surface area (Å²) in [5.41, 5.74) is 0. The number of hydrogen-bond donors (Lipinski definition) is 0. The number of esters is 3. The summed E-state index contributed by atoms with van der Waals surface area (Å²) in [6, 6.07) is 0. The highest BCUT2D eigenvalue weighted by atomic mass is 16.6. The van der Waals surface area contributed by atoms with Crippen LogP contribution in [-0.4, -0.2) is 37.2 Å². The summed E-state index contributed by atoms with van der Waals surface area (Å²) < 4.78 is 16.9. The Bertz CT molecular complexity index is 1440. The van der Waals surface area contributed by atoms with Crippen LogP contribution in [0.3, 0.4) is 0 Å². The zero-order chi connectivity index (χ0) is 52.9. The molecule has 6 nitrogen and oxygen atoms in total. The minimum Gasteiger partial charge on any atom is -0.462 e. The second-order valence-electron chi connectivity index (χ2n) is 20.2. The smallest absolute Gasteiger partial charge is 0.306 e. The quantitative estimate of drug-likeness (QED) is 0.0261. The van der Waals surface area contributed by atoms with Gasteiger partial charge in [0, 0.05) is 19.3 Å². The van der Waals surface area contributed by atoms with Gasteiger partial charge in [-0.15, -0.1) is 0 Å². The minimum atomic E-state index is -0.802. The fraction of sp³-hybridized carbons (Fsp3) is 0.716. The van der Waals surface area contributed by atoms with Crippen molar-refractivity contribution in [2.45, 2.75) is 297 Å². The normalized spacial score (nSPS) is 12.8. The van der Waals surface area contributed by atoms with Gasteiger partial charge in [0.25, 0.3) is 0 Å². The van der Waals surface area contributed by atoms with Gasteiger partial charge in [0.05, 0.1) is 0 Å². The van der Waals surface area contributed by atoms with Crippen LogP contribution in [-0.2, 0) is 28.6 Å². The van der Waals surface area contributed by atoms with Crippen LogP contribution >= 0.6 is 0 Å². The van der Waals surface area contributed by atoms with Crippen LogP contribution in [0.5, 0.6) is 0 Å². The van der Waals surface area contributed by atoms with E-state index in [1.54, 1.807) is 0 Å². The van der Waals surface area contributed by atoms with Gasteiger partial charge in [0.15, 0.2) is 6.10 Å². The second-order valence-corrected chi connectivity index (χ2v) is 20.2. The maximum atomic E-state index is 12.9. The summed E-state index contributed by atoms with van der Waals surface area (Å²) in [5, 5.41) is 0. The SMILES string of the molecule is CC/C=C\C/C=C\C/C=C\C/C=C\C/C=C\C/C=C\CCCCC(=O)OCC(COC(=O)CCCCCCC/C=C\C/C=C\CCCC)OC(=O)CCCCCCCCCCCCCCCCCCCCCC. The van der Waals surface area contributed by atoms with Gasteiger partial charge in [-0.05, 0) is 96.3 Å². The lowest BCUT2D eigenvalue weighted by Gasteiger charge is -2.18. The van der Waals surface area contributed by atoms with E-state index in [1.165, 1.54) is 128 Å². The third-order valence-corrected chi connectivity index (χ3v) is 13.1. The highest BCUT2D eigenvalue weighted by molar-refractivity contribution is 5.71. The number of carbonyl (C=O) groups is 3. The molecule has 0 spiro atoms. The first-order valence-electron chi connectivity index (χ1n) is 30.7. The molecule has 0 fully saturated rings. The number of rotatable bonds is 55. The van der Waals surface area contributed by atoms with Crippen LogP contribution in [0.1, 0.15) is 290 Å². The van der Waals surface area contributed by atoms with Gasteiger partial charge in [-0.2, -0.15) is 0 Å². The number of ether oxygens (including phenoxy) is 3. The summed E-state index contributed by atoms with van der Waals surface area (Å²) in [6.45, 7) is 6.46. The van der Waals surface area contributed by atoms with E-state index in [0.29, 0.717) is 19.3 Å². The summed E-state index contributed by atoms with van der Waals surface area (Å²) >= 11 is 0. The molecule has 0 radical (unpaired) electrons. The van der Waals surface area contributed by atoms with Crippen molar-refractivity contribution in [3.63, 3.8) is 0 Å². The van der Waals surface area contributed by atoms with E-state index in [4.69, 9.17) is 14.2 Å². The van der Waals surface area contributed by atoms with Crippen LogP contribution in [0, 0.1) is 0 Å². The lowest BCUT2D eigenvalue weighted by Crippen LogP contribution is -2.30. The zero-order valence-electron chi connectivity index (χ0n) is 47.9. The Labute approximate surface area is 451 Å². The van der Waals surface area contributed by atoms with Crippen LogP contribution in [0.4, 0.5) is 0 Å². The fourth-order valence-corrected chi connectivity index (χ4v) is 8.46. The maximum absolute atomic E-state index is 12.9. The predicted molar refractivity (Wildman–Crippen MR) is 316 cm³/mol. The Balaban J connectivity index is 4.44. The first-order valence-corrected chi connectivity index (χ1v) is 30.7. The number of allylic oxidation sites excluding steroid dienone is 16. The van der Waals surface area contributed by atoms with Crippen molar-refractivity contribution in [3.05, 3.63) is 97.2 Å². The van der Waals surface area contributed by atoms with Crippen molar-refractivity contribution in [2.24, 2.45) is 0 Å². The van der Waals surface area contributed by atoms with Crippen molar-refractivity contribution >= 4 is 17.9 Å². The van der Waals surface area contributed by atoms with Crippen molar-refractivity contribution in [1.82, 2.24) is 0 Å². The molecule has 0 saturated heterocycles. The van der Waals surface area contributed by atoms with Crippen molar-refractivity contribution in [2.75, 3.05) is 13.2 Å². The molecular weight excluding hydrogens is 901 g/mol. The van der Waals surface area contributed by atoms with Crippen LogP contribution in [0.2, 0.25) is 0 Å². The molecule has 0 aliphatic carbocycles. The molecule has 0 aromatic heterocycles. The molecule has 0 aliphatic rings. The van der Waals surface area contributed by atoms with Gasteiger partial charge in [-0.1, -0.05) is 272 Å². The van der Waals surface area contributed by atoms with E-state index in [2.05, 4.69) is 118 Å². The monoisotopic (exact) mass is 1010 g/mol. The van der Waals surface area contributed by atoms with Gasteiger partial charge in [0.2, 0.25) is 0 Å². The predicted octanol–water partition coefficient (Wildman–Crippen LogP) is 20.9. The summed E-state index contributed by atoms with van der Waals surface area (Å²) in [4.78, 5) is 38.2. The van der Waals surface area contributed by atoms with E-state index in [1.807, 2.05) is 0 Å². The molecule has 1 atom stereocenters. The molecule has 0 heterocycles. The van der Waals surface area contributed by atoms with Crippen molar-refractivity contribution < 1.29 is 28.6 Å². The molecule has 0 aromatic carbocycles. The molecule has 418 valence electrons. The third-order valence-electron chi connectivity index (χ3n) is 13.1. The third kappa shape index (κ3) is 59.1. The lowest BCUT2D eigenvalue weighted by atomic mass is 10.0. The molecule has 6 heteroatoms. The van der Waals surface area contributed by atoms with E-state index in [9.17, 15) is 14.4 Å². The van der Waals surface area contributed by atoms with Crippen LogP contribution in [0.15, 0.2) is 97.2 Å². The van der Waals surface area contributed by atoms with Gasteiger partial charge in [0.1, 0.15) is 13.2 Å². The summed E-state index contributed by atoms with van der Waals surface area (Å²) in [5.74, 6) is -0.945. The standard InChI is InChI=1S/C67H114O6/c1-4-7-10-13-16-19-22-25-28-30-32-34-36-37-39-42-45-48-51-54-57-60-66(69)72-63-64(62-71-65(68)59-56-53-50-47-44-41-27-24-21-18-15-12-9-6-3)73-67(70)61-58-55-52-49-46-43-40-38-35-33-31-29-26-23-20-17-14-11-8-5-2/h7,10,15-16,18-19,24-25,27-28,32,34,37,39,45,48,64H,4-6,8-9,11-14,17,20-23,26,29-31,33,35-36,38,40-44,46-47,49-63H2,1-3H3/b10-7-,18-15-,19-16-,27-24-,28-25-,34-32-,39-37-,48-45-. The second kappa shape index (κ2) is 60.9. The molecule has 0 N–H and O–H groups in total. The highest BCUT2D eigenvalue weighted by Gasteiger charge is 2.19. The first-order chi connectivity index (χ1) is 36.0. The number of hydrogen-bond acceptors (Lipinski definition) is 6. The molecular formula is C67H114O6. The van der Waals surface area contributed by atoms with E-state index in [-0.39, 0.29) is 31.1 Å². The average Bonchev–Trinajstić information content (AvgIpc) is 3.39. The molecule has 0 saturated carbocycles. The molecule has 0 aromatic rings. The van der Waals surface area contributed by atoms with Gasteiger partial charge >= 0.3 is 17.9 Å². The molecule has 0 aliphatic heterocycles. The first kappa shape index (κ1) is 69.3. The molecule has 0 amide bonds. The molecule has 1 unspecified atom stereocenters. The molecule has 0 bridgehead atoms. The van der Waals surface area contributed by atoms with Crippen LogP contribution in [0.25, 0.3) is 0 Å². The van der Waals surface area contributed by atoms with E-state index in [0.717, 1.165) is 122 Å². The highest BCUT2D eigenvalue weighted by Crippen LogP contribution is 2.16. The Morgan fingerprint density at radius 3 is 0.904 bits per heavy atom. The van der Waals surface area contributed by atoms with Crippen molar-refractivity contribution in [1.29, 1.82) is 0 Å². The Hall–Kier alpha value is -3.67. The fourth-order valence-electron chi connectivity index (χ4n) is 8.46. The number of carbonyl (C=O) groups excluding carboxylic acids is 3. The van der Waals surface area contributed by atoms with Gasteiger partial charge in [-0.25, -0.2) is 0 Å². The van der Waals surface area contributed by atoms with E-state index < -0.39 is 6.10 Å².